The number of hydrazine groups is 1. The zero-order valence-corrected chi connectivity index (χ0v) is 8.82. The summed E-state index contributed by atoms with van der Waals surface area (Å²) in [5.41, 5.74) is 9.86. The zero-order chi connectivity index (χ0) is 12.0. The van der Waals surface area contributed by atoms with E-state index < -0.39 is 11.8 Å². The molecule has 16 heavy (non-hydrogen) atoms. The van der Waals surface area contributed by atoms with Crippen LogP contribution in [-0.2, 0) is 4.79 Å². The summed E-state index contributed by atoms with van der Waals surface area (Å²) in [5.74, 6) is -0.214. The number of methoxy groups -OCH3 is 1. The molecule has 0 saturated heterocycles. The Labute approximate surface area is 92.7 Å². The number of nitrogens with one attached hydrogen (secondary N) is 2. The van der Waals surface area contributed by atoms with Gasteiger partial charge in [0.1, 0.15) is 5.75 Å². The van der Waals surface area contributed by atoms with Gasteiger partial charge in [-0.25, -0.2) is 0 Å². The Balaban J connectivity index is 2.56. The van der Waals surface area contributed by atoms with E-state index >= 15 is 0 Å². The molecule has 6 nitrogen and oxygen atoms in total. The zero-order valence-electron chi connectivity index (χ0n) is 8.82. The molecule has 0 fully saturated rings. The highest BCUT2D eigenvalue weighted by Crippen LogP contribution is 2.10. The van der Waals surface area contributed by atoms with Gasteiger partial charge in [-0.15, -0.1) is 0 Å². The summed E-state index contributed by atoms with van der Waals surface area (Å²) in [4.78, 5) is 22.2. The number of hydrogen-bond acceptors (Lipinski definition) is 4. The highest BCUT2D eigenvalue weighted by molar-refractivity contribution is 5.95. The molecule has 2 amide bonds. The minimum absolute atomic E-state index is 0.178. The molecule has 1 aromatic rings. The first-order chi connectivity index (χ1) is 7.67. The molecule has 0 aliphatic rings. The van der Waals surface area contributed by atoms with Crippen molar-refractivity contribution in [3.63, 3.8) is 0 Å². The van der Waals surface area contributed by atoms with Gasteiger partial charge in [-0.1, -0.05) is 0 Å². The predicted molar refractivity (Wildman–Crippen MR) is 57.7 cm³/mol. The van der Waals surface area contributed by atoms with Crippen molar-refractivity contribution in [3.8, 4) is 5.75 Å². The third kappa shape index (κ3) is 3.25. The van der Waals surface area contributed by atoms with Crippen LogP contribution in [0.2, 0.25) is 0 Å². The van der Waals surface area contributed by atoms with Gasteiger partial charge >= 0.3 is 0 Å². The number of hydrogen-bond donors (Lipinski definition) is 3. The molecule has 0 unspecified atom stereocenters. The van der Waals surface area contributed by atoms with E-state index in [2.05, 4.69) is 10.9 Å². The molecule has 0 heterocycles. The van der Waals surface area contributed by atoms with Crippen LogP contribution in [0.3, 0.4) is 0 Å². The molecule has 1 aromatic carbocycles. The first-order valence-corrected chi connectivity index (χ1v) is 4.60. The van der Waals surface area contributed by atoms with Gasteiger partial charge in [0.25, 0.3) is 11.8 Å². The Morgan fingerprint density at radius 3 is 2.38 bits per heavy atom. The average Bonchev–Trinajstić information content (AvgIpc) is 2.35. The van der Waals surface area contributed by atoms with E-state index in [1.165, 1.54) is 7.11 Å². The number of benzene rings is 1. The van der Waals surface area contributed by atoms with Crippen LogP contribution in [0.4, 0.5) is 0 Å². The third-order valence-electron chi connectivity index (χ3n) is 1.85. The molecular formula is C10H13N3O3. The maximum Gasteiger partial charge on any atom is 0.269 e. The molecule has 0 atom stereocenters. The maximum atomic E-state index is 11.5. The van der Waals surface area contributed by atoms with E-state index in [9.17, 15) is 9.59 Å². The lowest BCUT2D eigenvalue weighted by Crippen LogP contribution is -2.44. The van der Waals surface area contributed by atoms with Gasteiger partial charge in [0, 0.05) is 5.56 Å². The predicted octanol–water partition coefficient (Wildman–Crippen LogP) is -0.585. The molecule has 0 aromatic heterocycles. The minimum Gasteiger partial charge on any atom is -0.497 e. The van der Waals surface area contributed by atoms with E-state index in [0.29, 0.717) is 11.3 Å². The van der Waals surface area contributed by atoms with Crippen LogP contribution < -0.4 is 21.3 Å². The van der Waals surface area contributed by atoms with Gasteiger partial charge < -0.3 is 10.5 Å². The summed E-state index contributed by atoms with van der Waals surface area (Å²) in [7, 11) is 1.54. The lowest BCUT2D eigenvalue weighted by atomic mass is 10.2. The van der Waals surface area contributed by atoms with Gasteiger partial charge in [-0.3, -0.25) is 20.4 Å². The SMILES string of the molecule is COc1ccc(C(=O)NNC(=O)CN)cc1. The van der Waals surface area contributed by atoms with Gasteiger partial charge in [-0.05, 0) is 24.3 Å². The summed E-state index contributed by atoms with van der Waals surface area (Å²) >= 11 is 0. The Hall–Kier alpha value is -2.08. The van der Waals surface area contributed by atoms with Crippen molar-refractivity contribution in [2.24, 2.45) is 5.73 Å². The number of ether oxygens (including phenoxy) is 1. The fourth-order valence-corrected chi connectivity index (χ4v) is 0.992. The molecular weight excluding hydrogens is 210 g/mol. The number of carbonyl (C=O) groups is 2. The van der Waals surface area contributed by atoms with Crippen molar-refractivity contribution < 1.29 is 14.3 Å². The third-order valence-corrected chi connectivity index (χ3v) is 1.85. The highest BCUT2D eigenvalue weighted by atomic mass is 16.5. The smallest absolute Gasteiger partial charge is 0.269 e. The molecule has 0 aliphatic heterocycles. The van der Waals surface area contributed by atoms with Crippen molar-refractivity contribution in [2.75, 3.05) is 13.7 Å². The minimum atomic E-state index is -0.457. The number of rotatable bonds is 3. The number of amides is 2. The van der Waals surface area contributed by atoms with E-state index in [0.717, 1.165) is 0 Å². The summed E-state index contributed by atoms with van der Waals surface area (Å²) in [6, 6.07) is 6.48. The lowest BCUT2D eigenvalue weighted by Gasteiger charge is -2.06. The molecule has 0 bridgehead atoms. The van der Waals surface area contributed by atoms with Crippen molar-refractivity contribution in [3.05, 3.63) is 29.8 Å². The van der Waals surface area contributed by atoms with E-state index in [-0.39, 0.29) is 6.54 Å². The Morgan fingerprint density at radius 1 is 1.25 bits per heavy atom. The highest BCUT2D eigenvalue weighted by Gasteiger charge is 2.05. The monoisotopic (exact) mass is 223 g/mol. The largest absolute Gasteiger partial charge is 0.497 e. The quantitative estimate of drug-likeness (QED) is 0.597. The molecule has 0 saturated carbocycles. The molecule has 4 N–H and O–H groups in total. The van der Waals surface area contributed by atoms with Crippen LogP contribution in [0.15, 0.2) is 24.3 Å². The number of nitrogens with two attached hydrogens (primary N) is 1. The fraction of sp³-hybridized carbons (Fsp3) is 0.200. The van der Waals surface area contributed by atoms with Crippen LogP contribution in [0, 0.1) is 0 Å². The topological polar surface area (TPSA) is 93.5 Å². The van der Waals surface area contributed by atoms with Crippen LogP contribution in [0.1, 0.15) is 10.4 Å². The van der Waals surface area contributed by atoms with Crippen molar-refractivity contribution in [1.29, 1.82) is 0 Å². The second-order valence-corrected chi connectivity index (χ2v) is 2.93. The second kappa shape index (κ2) is 5.72. The first-order valence-electron chi connectivity index (χ1n) is 4.60. The summed E-state index contributed by atoms with van der Waals surface area (Å²) in [6.07, 6.45) is 0. The van der Waals surface area contributed by atoms with Gasteiger partial charge in [-0.2, -0.15) is 0 Å². The molecule has 0 spiro atoms. The van der Waals surface area contributed by atoms with Crippen LogP contribution in [-0.4, -0.2) is 25.5 Å². The van der Waals surface area contributed by atoms with Crippen LogP contribution in [0.5, 0.6) is 5.75 Å². The maximum absolute atomic E-state index is 11.5. The molecule has 0 aliphatic carbocycles. The average molecular weight is 223 g/mol. The standard InChI is InChI=1S/C10H13N3O3/c1-16-8-4-2-7(3-5-8)10(15)13-12-9(14)6-11/h2-5H,6,11H2,1H3,(H,12,14)(H,13,15). The number of carbonyl (C=O) groups excluding carboxylic acids is 2. The Bertz CT molecular complexity index is 375. The lowest BCUT2D eigenvalue weighted by molar-refractivity contribution is -0.120. The molecule has 0 radical (unpaired) electrons. The van der Waals surface area contributed by atoms with Crippen molar-refractivity contribution >= 4 is 11.8 Å². The van der Waals surface area contributed by atoms with Gasteiger partial charge in [0.15, 0.2) is 0 Å². The fourth-order valence-electron chi connectivity index (χ4n) is 0.992. The van der Waals surface area contributed by atoms with E-state index in [1.807, 2.05) is 0 Å². The summed E-state index contributed by atoms with van der Waals surface area (Å²) < 4.78 is 4.95. The van der Waals surface area contributed by atoms with Crippen LogP contribution >= 0.6 is 0 Å². The van der Waals surface area contributed by atoms with E-state index in [1.54, 1.807) is 24.3 Å². The summed E-state index contributed by atoms with van der Waals surface area (Å²) in [5, 5.41) is 0. The second-order valence-electron chi connectivity index (χ2n) is 2.93. The van der Waals surface area contributed by atoms with E-state index in [4.69, 9.17) is 10.5 Å². The Morgan fingerprint density at radius 2 is 1.88 bits per heavy atom. The first kappa shape index (κ1) is 12.0. The Kier molecular flexibility index (Phi) is 4.28. The van der Waals surface area contributed by atoms with Gasteiger partial charge in [0.05, 0.1) is 13.7 Å². The molecule has 6 heteroatoms. The summed E-state index contributed by atoms with van der Waals surface area (Å²) in [6.45, 7) is -0.178. The normalized spacial score (nSPS) is 9.38. The molecule has 86 valence electrons. The van der Waals surface area contributed by atoms with Crippen molar-refractivity contribution in [2.45, 2.75) is 0 Å². The van der Waals surface area contributed by atoms with Crippen molar-refractivity contribution in [1.82, 2.24) is 10.9 Å². The van der Waals surface area contributed by atoms with Gasteiger partial charge in [0.2, 0.25) is 0 Å². The molecule has 1 rings (SSSR count). The van der Waals surface area contributed by atoms with Crippen LogP contribution in [0.25, 0.3) is 0 Å².